The van der Waals surface area contributed by atoms with Gasteiger partial charge in [-0.05, 0) is 31.2 Å². The molecule has 166 valence electrons. The van der Waals surface area contributed by atoms with E-state index in [1.165, 1.54) is 11.3 Å². The molecule has 0 atom stereocenters. The Morgan fingerprint density at radius 1 is 0.909 bits per heavy atom. The Bertz CT molecular complexity index is 1270. The lowest BCUT2D eigenvalue weighted by Crippen LogP contribution is -2.14. The molecular weight excluding hydrogens is 434 g/mol. The van der Waals surface area contributed by atoms with Gasteiger partial charge in [0.05, 0.1) is 19.2 Å². The summed E-state index contributed by atoms with van der Waals surface area (Å²) >= 11 is 1.22. The molecule has 0 fully saturated rings. The van der Waals surface area contributed by atoms with E-state index in [-0.39, 0.29) is 18.2 Å². The minimum atomic E-state index is -0.287. The lowest BCUT2D eigenvalue weighted by atomic mass is 10.1. The number of amides is 2. The van der Waals surface area contributed by atoms with Gasteiger partial charge in [-0.15, -0.1) is 11.3 Å². The minimum Gasteiger partial charge on any atom is -0.497 e. The molecule has 0 aliphatic carbocycles. The first-order chi connectivity index (χ1) is 16.0. The van der Waals surface area contributed by atoms with Crippen LogP contribution in [0.15, 0.2) is 78.9 Å². The second kappa shape index (κ2) is 10.1. The van der Waals surface area contributed by atoms with Gasteiger partial charge in [0.25, 0.3) is 5.91 Å². The van der Waals surface area contributed by atoms with Gasteiger partial charge in [-0.3, -0.25) is 9.59 Å². The normalized spacial score (nSPS) is 10.5. The van der Waals surface area contributed by atoms with Gasteiger partial charge in [0.1, 0.15) is 15.6 Å². The van der Waals surface area contributed by atoms with E-state index >= 15 is 0 Å². The zero-order chi connectivity index (χ0) is 23.2. The second-order valence-corrected chi connectivity index (χ2v) is 8.51. The summed E-state index contributed by atoms with van der Waals surface area (Å²) in [6.07, 6.45) is 0.0742. The Morgan fingerprint density at radius 2 is 1.67 bits per heavy atom. The van der Waals surface area contributed by atoms with Crippen LogP contribution in [-0.2, 0) is 11.2 Å². The molecular formula is C26H23N3O3S. The molecule has 0 bridgehead atoms. The van der Waals surface area contributed by atoms with Crippen molar-refractivity contribution in [3.63, 3.8) is 0 Å². The fourth-order valence-electron chi connectivity index (χ4n) is 3.25. The number of methoxy groups -OCH3 is 1. The summed E-state index contributed by atoms with van der Waals surface area (Å²) in [6, 6.07) is 24.2. The Kier molecular flexibility index (Phi) is 6.80. The molecule has 2 amide bonds. The van der Waals surface area contributed by atoms with Crippen LogP contribution in [0.5, 0.6) is 5.75 Å². The number of rotatable bonds is 7. The Balaban J connectivity index is 1.58. The first-order valence-electron chi connectivity index (χ1n) is 10.4. The van der Waals surface area contributed by atoms with E-state index in [1.807, 2.05) is 67.6 Å². The maximum atomic E-state index is 13.1. The Morgan fingerprint density at radius 3 is 2.39 bits per heavy atom. The topological polar surface area (TPSA) is 80.3 Å². The van der Waals surface area contributed by atoms with Crippen molar-refractivity contribution in [2.45, 2.75) is 13.3 Å². The number of ether oxygens (including phenoxy) is 1. The fraction of sp³-hybridized carbons (Fsp3) is 0.115. The molecule has 0 spiro atoms. The van der Waals surface area contributed by atoms with Crippen LogP contribution in [0.25, 0.3) is 11.3 Å². The van der Waals surface area contributed by atoms with Crippen LogP contribution in [-0.4, -0.2) is 23.9 Å². The maximum absolute atomic E-state index is 13.1. The number of aromatic nitrogens is 1. The molecule has 0 saturated heterocycles. The molecule has 4 rings (SSSR count). The number of aryl methyl sites for hydroxylation is 1. The van der Waals surface area contributed by atoms with Gasteiger partial charge in [-0.1, -0.05) is 54.1 Å². The lowest BCUT2D eigenvalue weighted by molar-refractivity contribution is -0.115. The second-order valence-electron chi connectivity index (χ2n) is 7.43. The van der Waals surface area contributed by atoms with Gasteiger partial charge < -0.3 is 15.4 Å². The van der Waals surface area contributed by atoms with Crippen molar-refractivity contribution >= 4 is 34.5 Å². The third-order valence-corrected chi connectivity index (χ3v) is 5.95. The van der Waals surface area contributed by atoms with Crippen LogP contribution in [0.3, 0.4) is 0 Å². The van der Waals surface area contributed by atoms with Crippen LogP contribution < -0.4 is 15.4 Å². The van der Waals surface area contributed by atoms with Crippen molar-refractivity contribution in [1.29, 1.82) is 0 Å². The molecule has 6 nitrogen and oxygen atoms in total. The maximum Gasteiger partial charge on any atom is 0.268 e. The Hall–Kier alpha value is -3.97. The third-order valence-electron chi connectivity index (χ3n) is 4.90. The largest absolute Gasteiger partial charge is 0.497 e. The summed E-state index contributed by atoms with van der Waals surface area (Å²) in [5, 5.41) is 6.35. The highest BCUT2D eigenvalue weighted by molar-refractivity contribution is 7.14. The molecule has 0 unspecified atom stereocenters. The highest BCUT2D eigenvalue weighted by Gasteiger charge is 2.21. The average molecular weight is 458 g/mol. The highest BCUT2D eigenvalue weighted by Crippen LogP contribution is 2.30. The van der Waals surface area contributed by atoms with Crippen LogP contribution in [0.4, 0.5) is 11.4 Å². The van der Waals surface area contributed by atoms with E-state index < -0.39 is 0 Å². The molecule has 3 aromatic carbocycles. The van der Waals surface area contributed by atoms with Crippen molar-refractivity contribution in [3.05, 3.63) is 94.3 Å². The van der Waals surface area contributed by atoms with Crippen molar-refractivity contribution in [2.75, 3.05) is 17.7 Å². The number of hydrogen-bond acceptors (Lipinski definition) is 5. The highest BCUT2D eigenvalue weighted by atomic mass is 32.1. The van der Waals surface area contributed by atoms with E-state index in [0.29, 0.717) is 27.0 Å². The summed E-state index contributed by atoms with van der Waals surface area (Å²) in [5.41, 5.74) is 3.83. The van der Waals surface area contributed by atoms with Gasteiger partial charge >= 0.3 is 0 Å². The Labute approximate surface area is 196 Å². The first-order valence-corrected chi connectivity index (χ1v) is 11.2. The van der Waals surface area contributed by atoms with Crippen LogP contribution in [0.1, 0.15) is 20.2 Å². The van der Waals surface area contributed by atoms with Crippen LogP contribution >= 0.6 is 11.3 Å². The molecule has 1 heterocycles. The number of nitrogens with one attached hydrogen (secondary N) is 2. The zero-order valence-corrected chi connectivity index (χ0v) is 19.1. The third kappa shape index (κ3) is 5.64. The molecule has 7 heteroatoms. The number of benzene rings is 3. The van der Waals surface area contributed by atoms with Gasteiger partial charge in [-0.25, -0.2) is 4.98 Å². The predicted octanol–water partition coefficient (Wildman–Crippen LogP) is 5.56. The van der Waals surface area contributed by atoms with Gasteiger partial charge in [-0.2, -0.15) is 0 Å². The van der Waals surface area contributed by atoms with Gasteiger partial charge in [0, 0.05) is 23.0 Å². The van der Waals surface area contributed by atoms with Gasteiger partial charge in [0.15, 0.2) is 0 Å². The lowest BCUT2D eigenvalue weighted by Gasteiger charge is -2.07. The minimum absolute atomic E-state index is 0.0742. The summed E-state index contributed by atoms with van der Waals surface area (Å²) in [4.78, 5) is 30.8. The summed E-state index contributed by atoms with van der Waals surface area (Å²) in [5.74, 6) is 0.172. The standard InChI is InChI=1S/C26H23N3O3S/c1-17-11-13-19(14-12-17)27-22(30)16-23-29-24(18-7-4-3-5-8-18)25(33-23)26(31)28-20-9-6-10-21(15-20)32-2/h3-15H,16H2,1-2H3,(H,27,30)(H,28,31). The van der Waals surface area contributed by atoms with E-state index in [4.69, 9.17) is 4.74 Å². The van der Waals surface area contributed by atoms with Crippen molar-refractivity contribution < 1.29 is 14.3 Å². The summed E-state index contributed by atoms with van der Waals surface area (Å²) in [7, 11) is 1.57. The summed E-state index contributed by atoms with van der Waals surface area (Å²) in [6.45, 7) is 1.99. The predicted molar refractivity (Wildman–Crippen MR) is 132 cm³/mol. The first kappa shape index (κ1) is 22.2. The quantitative estimate of drug-likeness (QED) is 0.381. The number of nitrogens with zero attached hydrogens (tertiary/aromatic N) is 1. The number of carbonyl (C=O) groups is 2. The smallest absolute Gasteiger partial charge is 0.268 e. The van der Waals surface area contributed by atoms with E-state index in [1.54, 1.807) is 25.3 Å². The molecule has 1 aromatic heterocycles. The molecule has 0 aliphatic rings. The molecule has 0 radical (unpaired) electrons. The van der Waals surface area contributed by atoms with E-state index in [2.05, 4.69) is 15.6 Å². The van der Waals surface area contributed by atoms with Crippen LogP contribution in [0, 0.1) is 6.92 Å². The molecule has 2 N–H and O–H groups in total. The number of anilines is 2. The van der Waals surface area contributed by atoms with Crippen molar-refractivity contribution in [3.8, 4) is 17.0 Å². The van der Waals surface area contributed by atoms with E-state index in [9.17, 15) is 9.59 Å². The molecule has 33 heavy (non-hydrogen) atoms. The fourth-order valence-corrected chi connectivity index (χ4v) is 4.23. The monoisotopic (exact) mass is 457 g/mol. The molecule has 4 aromatic rings. The number of carbonyl (C=O) groups excluding carboxylic acids is 2. The number of thiazole rings is 1. The molecule has 0 saturated carbocycles. The average Bonchev–Trinajstić information content (AvgIpc) is 3.25. The van der Waals surface area contributed by atoms with Gasteiger partial charge in [0.2, 0.25) is 5.91 Å². The van der Waals surface area contributed by atoms with Crippen molar-refractivity contribution in [1.82, 2.24) is 4.98 Å². The van der Waals surface area contributed by atoms with Crippen LogP contribution in [0.2, 0.25) is 0 Å². The zero-order valence-electron chi connectivity index (χ0n) is 18.3. The number of hydrogen-bond donors (Lipinski definition) is 2. The van der Waals surface area contributed by atoms with E-state index in [0.717, 1.165) is 16.8 Å². The SMILES string of the molecule is COc1cccc(NC(=O)c2sc(CC(=O)Nc3ccc(C)cc3)nc2-c2ccccc2)c1. The summed E-state index contributed by atoms with van der Waals surface area (Å²) < 4.78 is 5.23. The molecule has 0 aliphatic heterocycles. The van der Waals surface area contributed by atoms with Crippen molar-refractivity contribution in [2.24, 2.45) is 0 Å².